The number of alkyl halides is 2. The van der Waals surface area contributed by atoms with Crippen LogP contribution in [0.1, 0.15) is 39.5 Å². The Balaban J connectivity index is 1.62. The van der Waals surface area contributed by atoms with Gasteiger partial charge in [-0.2, -0.15) is 8.78 Å². The number of halogens is 2. The molecule has 0 unspecified atom stereocenters. The van der Waals surface area contributed by atoms with Gasteiger partial charge >= 0.3 is 0 Å². The highest BCUT2D eigenvalue weighted by molar-refractivity contribution is 6.06. The first-order chi connectivity index (χ1) is 16.0. The van der Waals surface area contributed by atoms with Crippen molar-refractivity contribution < 1.29 is 23.5 Å². The lowest BCUT2D eigenvalue weighted by atomic mass is 10.0. The highest BCUT2D eigenvalue weighted by Crippen LogP contribution is 2.31. The van der Waals surface area contributed by atoms with E-state index in [0.717, 1.165) is 23.7 Å². The quantitative estimate of drug-likeness (QED) is 0.501. The van der Waals surface area contributed by atoms with Crippen molar-refractivity contribution in [2.75, 3.05) is 17.3 Å². The van der Waals surface area contributed by atoms with Crippen molar-refractivity contribution >= 4 is 23.2 Å². The summed E-state index contributed by atoms with van der Waals surface area (Å²) in [7, 11) is 1.72. The van der Waals surface area contributed by atoms with E-state index in [1.54, 1.807) is 36.2 Å². The van der Waals surface area contributed by atoms with Crippen molar-refractivity contribution in [2.24, 2.45) is 0 Å². The molecule has 34 heavy (non-hydrogen) atoms. The first-order valence-electron chi connectivity index (χ1n) is 10.9. The second-order valence-electron chi connectivity index (χ2n) is 8.51. The van der Waals surface area contributed by atoms with E-state index in [0.29, 0.717) is 16.8 Å². The number of anilines is 2. The summed E-state index contributed by atoms with van der Waals surface area (Å²) in [5.74, 6) is -3.84. The van der Waals surface area contributed by atoms with Crippen LogP contribution in [0.2, 0.25) is 0 Å². The van der Waals surface area contributed by atoms with Gasteiger partial charge in [0.2, 0.25) is 5.91 Å². The van der Waals surface area contributed by atoms with E-state index in [4.69, 9.17) is 0 Å². The van der Waals surface area contributed by atoms with Gasteiger partial charge in [0.05, 0.1) is 6.42 Å². The van der Waals surface area contributed by atoms with Crippen LogP contribution < -0.4 is 10.2 Å². The van der Waals surface area contributed by atoms with Crippen LogP contribution in [-0.4, -0.2) is 30.1 Å². The number of rotatable bonds is 7. The normalized spacial score (nSPS) is 12.2. The lowest BCUT2D eigenvalue weighted by Gasteiger charge is -2.19. The van der Waals surface area contributed by atoms with Gasteiger partial charge in [-0.1, -0.05) is 30.3 Å². The number of hydrogen-bond acceptors (Lipinski definition) is 3. The van der Waals surface area contributed by atoms with Gasteiger partial charge < -0.3 is 15.3 Å². The Morgan fingerprint density at radius 1 is 0.971 bits per heavy atom. The zero-order valence-corrected chi connectivity index (χ0v) is 19.6. The van der Waals surface area contributed by atoms with Gasteiger partial charge in [-0.15, -0.1) is 0 Å². The standard InChI is InChI=1S/C27H28F2N2O3/c1-17-13-18(2)15-24(14-17)31(4)26(34)21-7-11-23(12-8-21)30-25(33)16-20-5-9-22(10-6-20)27(28,29)19(3)32/h5-15,19,32H,16H2,1-4H3,(H,30,33)/t19-/m0/s1. The third kappa shape index (κ3) is 5.85. The minimum atomic E-state index is -3.35. The van der Waals surface area contributed by atoms with Crippen LogP contribution in [0.5, 0.6) is 0 Å². The minimum Gasteiger partial charge on any atom is -0.387 e. The van der Waals surface area contributed by atoms with Crippen LogP contribution in [0.15, 0.2) is 66.7 Å². The Kier molecular flexibility index (Phi) is 7.47. The first kappa shape index (κ1) is 25.1. The second kappa shape index (κ2) is 10.1. The molecule has 3 aromatic carbocycles. The Bertz CT molecular complexity index is 1150. The Labute approximate surface area is 198 Å². The van der Waals surface area contributed by atoms with E-state index in [9.17, 15) is 23.5 Å². The van der Waals surface area contributed by atoms with Crippen LogP contribution >= 0.6 is 0 Å². The molecule has 3 rings (SSSR count). The maximum Gasteiger partial charge on any atom is 0.298 e. The summed E-state index contributed by atoms with van der Waals surface area (Å²) in [4.78, 5) is 26.8. The van der Waals surface area contributed by atoms with Crippen molar-refractivity contribution in [2.45, 2.75) is 39.2 Å². The van der Waals surface area contributed by atoms with Gasteiger partial charge in [-0.25, -0.2) is 0 Å². The number of hydrogen-bond donors (Lipinski definition) is 2. The van der Waals surface area contributed by atoms with Crippen molar-refractivity contribution in [3.8, 4) is 0 Å². The molecular weight excluding hydrogens is 438 g/mol. The van der Waals surface area contributed by atoms with Gasteiger partial charge in [0, 0.05) is 29.5 Å². The number of carbonyl (C=O) groups is 2. The van der Waals surface area contributed by atoms with Gasteiger partial charge in [-0.3, -0.25) is 9.59 Å². The van der Waals surface area contributed by atoms with Crippen LogP contribution in [0.3, 0.4) is 0 Å². The minimum absolute atomic E-state index is 0.00331. The third-order valence-corrected chi connectivity index (χ3v) is 5.54. The summed E-state index contributed by atoms with van der Waals surface area (Å²) >= 11 is 0. The lowest BCUT2D eigenvalue weighted by molar-refractivity contribution is -0.115. The lowest BCUT2D eigenvalue weighted by Crippen LogP contribution is -2.27. The summed E-state index contributed by atoms with van der Waals surface area (Å²) < 4.78 is 27.8. The molecule has 0 aromatic heterocycles. The predicted molar refractivity (Wildman–Crippen MR) is 129 cm³/mol. The summed E-state index contributed by atoms with van der Waals surface area (Å²) in [6.45, 7) is 4.98. The van der Waals surface area contributed by atoms with Crippen LogP contribution in [-0.2, 0) is 17.1 Å². The fourth-order valence-corrected chi connectivity index (χ4v) is 3.63. The van der Waals surface area contributed by atoms with E-state index < -0.39 is 12.0 Å². The molecule has 1 atom stereocenters. The number of benzene rings is 3. The molecule has 5 nitrogen and oxygen atoms in total. The monoisotopic (exact) mass is 466 g/mol. The molecule has 178 valence electrons. The second-order valence-corrected chi connectivity index (χ2v) is 8.51. The van der Waals surface area contributed by atoms with Crippen LogP contribution in [0.4, 0.5) is 20.2 Å². The van der Waals surface area contributed by atoms with Gasteiger partial charge in [0.1, 0.15) is 6.10 Å². The summed E-state index contributed by atoms with van der Waals surface area (Å²) in [5, 5.41) is 12.0. The van der Waals surface area contributed by atoms with E-state index in [1.807, 2.05) is 32.0 Å². The topological polar surface area (TPSA) is 69.6 Å². The Morgan fingerprint density at radius 2 is 1.53 bits per heavy atom. The zero-order valence-electron chi connectivity index (χ0n) is 19.6. The average Bonchev–Trinajstić information content (AvgIpc) is 2.78. The summed E-state index contributed by atoms with van der Waals surface area (Å²) in [5.41, 5.74) is 4.19. The molecule has 0 saturated heterocycles. The number of aryl methyl sites for hydroxylation is 2. The molecule has 0 saturated carbocycles. The van der Waals surface area contributed by atoms with E-state index in [1.165, 1.54) is 24.3 Å². The highest BCUT2D eigenvalue weighted by atomic mass is 19.3. The van der Waals surface area contributed by atoms with E-state index in [-0.39, 0.29) is 23.8 Å². The largest absolute Gasteiger partial charge is 0.387 e. The maximum atomic E-state index is 13.9. The van der Waals surface area contributed by atoms with Crippen molar-refractivity contribution in [3.63, 3.8) is 0 Å². The van der Waals surface area contributed by atoms with Crippen molar-refractivity contribution in [3.05, 3.63) is 94.5 Å². The molecular formula is C27H28F2N2O3. The SMILES string of the molecule is Cc1cc(C)cc(N(C)C(=O)c2ccc(NC(=O)Cc3ccc(C(F)(F)[C@H](C)O)cc3)cc2)c1. The zero-order chi connectivity index (χ0) is 25.0. The van der Waals surface area contributed by atoms with Crippen LogP contribution in [0, 0.1) is 13.8 Å². The number of nitrogens with zero attached hydrogens (tertiary/aromatic N) is 1. The summed E-state index contributed by atoms with van der Waals surface area (Å²) in [6, 6.07) is 17.8. The molecule has 0 aliphatic carbocycles. The average molecular weight is 467 g/mol. The number of nitrogens with one attached hydrogen (secondary N) is 1. The number of aliphatic hydroxyl groups is 1. The number of carbonyl (C=O) groups excluding carboxylic acids is 2. The number of amides is 2. The molecule has 2 N–H and O–H groups in total. The molecule has 2 amide bonds. The van der Waals surface area contributed by atoms with Crippen molar-refractivity contribution in [1.82, 2.24) is 0 Å². The smallest absolute Gasteiger partial charge is 0.298 e. The molecule has 0 radical (unpaired) electrons. The Hall–Kier alpha value is -3.58. The Morgan fingerprint density at radius 3 is 2.06 bits per heavy atom. The molecule has 0 spiro atoms. The van der Waals surface area contributed by atoms with E-state index in [2.05, 4.69) is 5.32 Å². The fourth-order valence-electron chi connectivity index (χ4n) is 3.63. The molecule has 0 bridgehead atoms. The van der Waals surface area contributed by atoms with Gasteiger partial charge in [0.15, 0.2) is 0 Å². The molecule has 0 aliphatic heterocycles. The third-order valence-electron chi connectivity index (χ3n) is 5.54. The molecule has 3 aromatic rings. The predicted octanol–water partition coefficient (Wildman–Crippen LogP) is 5.23. The van der Waals surface area contributed by atoms with Crippen molar-refractivity contribution in [1.29, 1.82) is 0 Å². The maximum absolute atomic E-state index is 13.9. The summed E-state index contributed by atoms with van der Waals surface area (Å²) in [6.07, 6.45) is -1.81. The molecule has 0 aliphatic rings. The number of aliphatic hydroxyl groups excluding tert-OH is 1. The van der Waals surface area contributed by atoms with Crippen LogP contribution in [0.25, 0.3) is 0 Å². The van der Waals surface area contributed by atoms with Gasteiger partial charge in [-0.05, 0) is 73.9 Å². The molecule has 7 heteroatoms. The van der Waals surface area contributed by atoms with Gasteiger partial charge in [0.25, 0.3) is 11.8 Å². The first-order valence-corrected chi connectivity index (χ1v) is 10.9. The van der Waals surface area contributed by atoms with E-state index >= 15 is 0 Å². The highest BCUT2D eigenvalue weighted by Gasteiger charge is 2.37. The fraction of sp³-hybridized carbons (Fsp3) is 0.259. The molecule has 0 heterocycles. The molecule has 0 fully saturated rings.